The molecule has 0 spiro atoms. The zero-order valence-corrected chi connectivity index (χ0v) is 9.60. The topological polar surface area (TPSA) is 62.5 Å². The van der Waals surface area contributed by atoms with Gasteiger partial charge in [0.1, 0.15) is 11.5 Å². The van der Waals surface area contributed by atoms with E-state index >= 15 is 0 Å². The van der Waals surface area contributed by atoms with Crippen LogP contribution in [0.4, 0.5) is 0 Å². The van der Waals surface area contributed by atoms with Crippen molar-refractivity contribution in [1.29, 1.82) is 5.26 Å². The predicted octanol–water partition coefficient (Wildman–Crippen LogP) is 1.90. The third-order valence-corrected chi connectivity index (χ3v) is 2.39. The predicted molar refractivity (Wildman–Crippen MR) is 59.3 cm³/mol. The van der Waals surface area contributed by atoms with Crippen LogP contribution in [0.1, 0.15) is 18.6 Å². The Morgan fingerprint density at radius 2 is 1.69 bits per heavy atom. The second-order valence-corrected chi connectivity index (χ2v) is 3.51. The summed E-state index contributed by atoms with van der Waals surface area (Å²) in [5.74, 6) is 0.717. The zero-order chi connectivity index (χ0) is 12.1. The van der Waals surface area contributed by atoms with Gasteiger partial charge in [0.15, 0.2) is 0 Å². The minimum atomic E-state index is -0.839. The molecule has 0 aliphatic carbocycles. The molecule has 1 N–H and O–H groups in total. The average Bonchev–Trinajstić information content (AvgIpc) is 2.35. The Kier molecular flexibility index (Phi) is 4.15. The molecular weight excluding hydrogens is 206 g/mol. The van der Waals surface area contributed by atoms with E-state index in [9.17, 15) is 5.11 Å². The number of hydrogen-bond donors (Lipinski definition) is 1. The van der Waals surface area contributed by atoms with Crippen molar-refractivity contribution < 1.29 is 14.6 Å². The minimum Gasteiger partial charge on any atom is -0.497 e. The van der Waals surface area contributed by atoms with Gasteiger partial charge in [0.05, 0.1) is 32.3 Å². The van der Waals surface area contributed by atoms with Gasteiger partial charge in [-0.25, -0.2) is 0 Å². The number of rotatable bonds is 4. The van der Waals surface area contributed by atoms with Crippen LogP contribution in [0.2, 0.25) is 0 Å². The van der Waals surface area contributed by atoms with Crippen LogP contribution in [0.25, 0.3) is 0 Å². The molecule has 1 aromatic carbocycles. The standard InChI is InChI=1S/C12H15NO3/c1-8(7-13)12(14)9-4-10(15-2)6-11(5-9)16-3/h4-6,8,12,14H,1-3H3. The fourth-order valence-electron chi connectivity index (χ4n) is 1.36. The first-order chi connectivity index (χ1) is 7.62. The lowest BCUT2D eigenvalue weighted by Gasteiger charge is -2.15. The van der Waals surface area contributed by atoms with Crippen molar-refractivity contribution in [1.82, 2.24) is 0 Å². The molecule has 0 saturated heterocycles. The first-order valence-electron chi connectivity index (χ1n) is 4.93. The lowest BCUT2D eigenvalue weighted by atomic mass is 9.98. The molecule has 0 radical (unpaired) electrons. The summed E-state index contributed by atoms with van der Waals surface area (Å²) in [7, 11) is 3.08. The molecule has 0 amide bonds. The van der Waals surface area contributed by atoms with Gasteiger partial charge >= 0.3 is 0 Å². The van der Waals surface area contributed by atoms with Gasteiger partial charge in [0, 0.05) is 6.07 Å². The normalized spacial score (nSPS) is 13.7. The summed E-state index contributed by atoms with van der Waals surface area (Å²) in [5, 5.41) is 18.6. The average molecular weight is 221 g/mol. The van der Waals surface area contributed by atoms with Crippen LogP contribution in [0.3, 0.4) is 0 Å². The van der Waals surface area contributed by atoms with Crippen LogP contribution in [0.5, 0.6) is 11.5 Å². The molecular formula is C12H15NO3. The summed E-state index contributed by atoms with van der Waals surface area (Å²) >= 11 is 0. The smallest absolute Gasteiger partial charge is 0.122 e. The number of aliphatic hydroxyl groups is 1. The highest BCUT2D eigenvalue weighted by Gasteiger charge is 2.17. The number of aliphatic hydroxyl groups excluding tert-OH is 1. The highest BCUT2D eigenvalue weighted by atomic mass is 16.5. The molecule has 1 aromatic rings. The van der Waals surface area contributed by atoms with Gasteiger partial charge in [-0.2, -0.15) is 5.26 Å². The van der Waals surface area contributed by atoms with Crippen molar-refractivity contribution in [3.63, 3.8) is 0 Å². The fraction of sp³-hybridized carbons (Fsp3) is 0.417. The van der Waals surface area contributed by atoms with E-state index in [1.165, 1.54) is 0 Å². The van der Waals surface area contributed by atoms with Gasteiger partial charge in [-0.05, 0) is 24.6 Å². The molecule has 0 bridgehead atoms. The maximum absolute atomic E-state index is 9.90. The van der Waals surface area contributed by atoms with Crippen LogP contribution < -0.4 is 9.47 Å². The van der Waals surface area contributed by atoms with Gasteiger partial charge in [-0.3, -0.25) is 0 Å². The Bertz CT molecular complexity index is 375. The molecule has 4 heteroatoms. The van der Waals surface area contributed by atoms with Crippen molar-refractivity contribution in [2.75, 3.05) is 14.2 Å². The Hall–Kier alpha value is -1.73. The lowest BCUT2D eigenvalue weighted by molar-refractivity contribution is 0.142. The van der Waals surface area contributed by atoms with E-state index in [1.807, 2.05) is 6.07 Å². The summed E-state index contributed by atoms with van der Waals surface area (Å²) in [6.45, 7) is 1.66. The molecule has 0 saturated carbocycles. The van der Waals surface area contributed by atoms with Gasteiger partial charge < -0.3 is 14.6 Å². The van der Waals surface area contributed by atoms with Crippen LogP contribution in [0, 0.1) is 17.2 Å². The first kappa shape index (κ1) is 12.3. The molecule has 1 rings (SSSR count). The maximum atomic E-state index is 9.90. The molecule has 86 valence electrons. The fourth-order valence-corrected chi connectivity index (χ4v) is 1.36. The van der Waals surface area contributed by atoms with E-state index in [0.29, 0.717) is 17.1 Å². The van der Waals surface area contributed by atoms with E-state index in [2.05, 4.69) is 0 Å². The Morgan fingerprint density at radius 3 is 2.06 bits per heavy atom. The Balaban J connectivity index is 3.08. The summed E-state index contributed by atoms with van der Waals surface area (Å²) in [4.78, 5) is 0. The molecule has 0 fully saturated rings. The van der Waals surface area contributed by atoms with E-state index in [-0.39, 0.29) is 0 Å². The first-order valence-corrected chi connectivity index (χ1v) is 4.93. The Morgan fingerprint density at radius 1 is 1.19 bits per heavy atom. The van der Waals surface area contributed by atoms with Crippen LogP contribution in [0.15, 0.2) is 18.2 Å². The number of nitrogens with zero attached hydrogens (tertiary/aromatic N) is 1. The molecule has 0 aromatic heterocycles. The molecule has 2 unspecified atom stereocenters. The number of nitriles is 1. The van der Waals surface area contributed by atoms with E-state index < -0.39 is 12.0 Å². The van der Waals surface area contributed by atoms with Crippen LogP contribution in [-0.4, -0.2) is 19.3 Å². The van der Waals surface area contributed by atoms with E-state index in [4.69, 9.17) is 14.7 Å². The van der Waals surface area contributed by atoms with Crippen LogP contribution >= 0.6 is 0 Å². The summed E-state index contributed by atoms with van der Waals surface area (Å²) in [5.41, 5.74) is 0.616. The summed E-state index contributed by atoms with van der Waals surface area (Å²) in [6.07, 6.45) is -0.839. The van der Waals surface area contributed by atoms with Gasteiger partial charge in [-0.15, -0.1) is 0 Å². The molecule has 0 aliphatic heterocycles. The number of ether oxygens (including phenoxy) is 2. The lowest BCUT2D eigenvalue weighted by Crippen LogP contribution is -2.07. The van der Waals surface area contributed by atoms with Crippen molar-refractivity contribution >= 4 is 0 Å². The van der Waals surface area contributed by atoms with Gasteiger partial charge in [0.2, 0.25) is 0 Å². The molecule has 4 nitrogen and oxygen atoms in total. The third-order valence-electron chi connectivity index (χ3n) is 2.39. The largest absolute Gasteiger partial charge is 0.497 e. The number of methoxy groups -OCH3 is 2. The van der Waals surface area contributed by atoms with Crippen molar-refractivity contribution in [2.45, 2.75) is 13.0 Å². The molecule has 0 heterocycles. The van der Waals surface area contributed by atoms with Crippen molar-refractivity contribution in [3.05, 3.63) is 23.8 Å². The van der Waals surface area contributed by atoms with Gasteiger partial charge in [0.25, 0.3) is 0 Å². The second-order valence-electron chi connectivity index (χ2n) is 3.51. The quantitative estimate of drug-likeness (QED) is 0.843. The van der Waals surface area contributed by atoms with Crippen LogP contribution in [-0.2, 0) is 0 Å². The van der Waals surface area contributed by atoms with Gasteiger partial charge in [-0.1, -0.05) is 0 Å². The summed E-state index contributed by atoms with van der Waals surface area (Å²) < 4.78 is 10.2. The zero-order valence-electron chi connectivity index (χ0n) is 9.60. The monoisotopic (exact) mass is 221 g/mol. The third kappa shape index (κ3) is 2.65. The van der Waals surface area contributed by atoms with Crippen molar-refractivity contribution in [3.8, 4) is 17.6 Å². The molecule has 2 atom stereocenters. The van der Waals surface area contributed by atoms with E-state index in [0.717, 1.165) is 0 Å². The SMILES string of the molecule is COc1cc(OC)cc(C(O)C(C)C#N)c1. The minimum absolute atomic E-state index is 0.475. The van der Waals surface area contributed by atoms with Crippen molar-refractivity contribution in [2.24, 2.45) is 5.92 Å². The second kappa shape index (κ2) is 5.38. The Labute approximate surface area is 95.0 Å². The number of benzene rings is 1. The highest BCUT2D eigenvalue weighted by Crippen LogP contribution is 2.29. The summed E-state index contributed by atoms with van der Waals surface area (Å²) in [6, 6.07) is 7.11. The highest BCUT2D eigenvalue weighted by molar-refractivity contribution is 5.39. The molecule has 16 heavy (non-hydrogen) atoms. The molecule has 0 aliphatic rings. The number of hydrogen-bond acceptors (Lipinski definition) is 4. The maximum Gasteiger partial charge on any atom is 0.122 e. The van der Waals surface area contributed by atoms with E-state index in [1.54, 1.807) is 39.3 Å².